The van der Waals surface area contributed by atoms with Crippen molar-refractivity contribution in [2.45, 2.75) is 57.6 Å². The van der Waals surface area contributed by atoms with Gasteiger partial charge in [0.2, 0.25) is 5.91 Å². The van der Waals surface area contributed by atoms with Gasteiger partial charge in [0, 0.05) is 30.5 Å². The van der Waals surface area contributed by atoms with Crippen molar-refractivity contribution in [1.82, 2.24) is 4.90 Å². The molecule has 146 valence electrons. The van der Waals surface area contributed by atoms with Gasteiger partial charge >= 0.3 is 0 Å². The number of carbonyl (C=O) groups is 1. The monoisotopic (exact) mass is 389 g/mol. The van der Waals surface area contributed by atoms with E-state index in [1.807, 2.05) is 29.2 Å². The van der Waals surface area contributed by atoms with Crippen LogP contribution in [-0.2, 0) is 21.5 Å². The molecule has 2 aromatic rings. The molecule has 1 aromatic heterocycles. The average molecular weight is 390 g/mol. The maximum absolute atomic E-state index is 12.2. The molecule has 3 rings (SSSR count). The molecule has 1 saturated heterocycles. The lowest BCUT2D eigenvalue weighted by Crippen LogP contribution is -2.46. The number of hydrogen-bond acceptors (Lipinski definition) is 3. The van der Waals surface area contributed by atoms with E-state index in [1.165, 1.54) is 5.56 Å². The Labute approximate surface area is 166 Å². The van der Waals surface area contributed by atoms with Crippen LogP contribution in [0.4, 0.5) is 0 Å². The zero-order valence-electron chi connectivity index (χ0n) is 16.3. The third-order valence-electron chi connectivity index (χ3n) is 5.53. The molecule has 4 nitrogen and oxygen atoms in total. The summed E-state index contributed by atoms with van der Waals surface area (Å²) in [6.45, 7) is 7.79. The zero-order chi connectivity index (χ0) is 19.5. The minimum Gasteiger partial charge on any atom is -0.467 e. The van der Waals surface area contributed by atoms with E-state index < -0.39 is 0 Å². The van der Waals surface area contributed by atoms with Crippen LogP contribution in [0.2, 0.25) is 5.02 Å². The highest BCUT2D eigenvalue weighted by Gasteiger charge is 2.42. The lowest BCUT2D eigenvalue weighted by atomic mass is 9.67. The summed E-state index contributed by atoms with van der Waals surface area (Å²) in [5.74, 6) is 0.863. The van der Waals surface area contributed by atoms with Crippen molar-refractivity contribution in [2.75, 3.05) is 13.2 Å². The van der Waals surface area contributed by atoms with E-state index in [2.05, 4.69) is 26.0 Å². The Morgan fingerprint density at radius 1 is 1.22 bits per heavy atom. The quantitative estimate of drug-likeness (QED) is 0.682. The molecule has 1 aliphatic rings. The lowest BCUT2D eigenvalue weighted by molar-refractivity contribution is -0.130. The van der Waals surface area contributed by atoms with Crippen LogP contribution in [0.15, 0.2) is 47.1 Å². The third kappa shape index (κ3) is 4.94. The van der Waals surface area contributed by atoms with Crippen LogP contribution in [0.1, 0.15) is 51.4 Å². The number of benzene rings is 1. The Morgan fingerprint density at radius 3 is 2.56 bits per heavy atom. The standard InChI is InChI=1S/C22H28ClNO3/c1-17(25)24(15-20-5-4-13-26-20)12-10-22(11-14-27-21(2,3)16-22)18-6-8-19(23)9-7-18/h4-9,13H,10-12,14-16H2,1-3H3. The first-order valence-electron chi connectivity index (χ1n) is 9.48. The number of nitrogens with zero attached hydrogens (tertiary/aromatic N) is 1. The SMILES string of the molecule is CC(=O)N(CCC1(c2ccc(Cl)cc2)CCOC(C)(C)C1)Cc1ccco1. The Bertz CT molecular complexity index is 754. The van der Waals surface area contributed by atoms with E-state index >= 15 is 0 Å². The fourth-order valence-electron chi connectivity index (χ4n) is 4.17. The summed E-state index contributed by atoms with van der Waals surface area (Å²) in [5.41, 5.74) is 1.04. The fraction of sp³-hybridized carbons (Fsp3) is 0.500. The number of ether oxygens (including phenoxy) is 1. The number of hydrogen-bond donors (Lipinski definition) is 0. The first kappa shape index (κ1) is 20.0. The molecule has 1 amide bonds. The molecule has 2 heterocycles. The molecule has 0 radical (unpaired) electrons. The summed E-state index contributed by atoms with van der Waals surface area (Å²) < 4.78 is 11.4. The molecular weight excluding hydrogens is 362 g/mol. The summed E-state index contributed by atoms with van der Waals surface area (Å²) in [7, 11) is 0. The van der Waals surface area contributed by atoms with Crippen molar-refractivity contribution < 1.29 is 13.9 Å². The molecule has 27 heavy (non-hydrogen) atoms. The molecule has 0 aliphatic carbocycles. The molecule has 1 fully saturated rings. The largest absolute Gasteiger partial charge is 0.467 e. The van der Waals surface area contributed by atoms with Crippen molar-refractivity contribution in [3.05, 3.63) is 59.0 Å². The Kier molecular flexibility index (Phi) is 5.97. The first-order chi connectivity index (χ1) is 12.8. The highest BCUT2D eigenvalue weighted by atomic mass is 35.5. The van der Waals surface area contributed by atoms with Crippen LogP contribution in [-0.4, -0.2) is 29.6 Å². The second-order valence-corrected chi connectivity index (χ2v) is 8.53. The Hall–Kier alpha value is -1.78. The second kappa shape index (κ2) is 8.07. The summed E-state index contributed by atoms with van der Waals surface area (Å²) >= 11 is 6.11. The van der Waals surface area contributed by atoms with Gasteiger partial charge in [-0.05, 0) is 62.9 Å². The Morgan fingerprint density at radius 2 is 1.96 bits per heavy atom. The van der Waals surface area contributed by atoms with E-state index in [-0.39, 0.29) is 16.9 Å². The first-order valence-corrected chi connectivity index (χ1v) is 9.85. The van der Waals surface area contributed by atoms with Crippen LogP contribution >= 0.6 is 11.6 Å². The molecule has 1 atom stereocenters. The van der Waals surface area contributed by atoms with Crippen molar-refractivity contribution in [1.29, 1.82) is 0 Å². The van der Waals surface area contributed by atoms with Crippen LogP contribution in [0.25, 0.3) is 0 Å². The highest BCUT2D eigenvalue weighted by molar-refractivity contribution is 6.30. The van der Waals surface area contributed by atoms with Crippen LogP contribution in [0.5, 0.6) is 0 Å². The number of amides is 1. The number of rotatable bonds is 6. The zero-order valence-corrected chi connectivity index (χ0v) is 17.1. The Balaban J connectivity index is 1.82. The van der Waals surface area contributed by atoms with Crippen molar-refractivity contribution in [3.8, 4) is 0 Å². The van der Waals surface area contributed by atoms with Gasteiger partial charge in [-0.25, -0.2) is 0 Å². The van der Waals surface area contributed by atoms with E-state index in [4.69, 9.17) is 20.8 Å². The summed E-state index contributed by atoms with van der Waals surface area (Å²) in [5, 5.41) is 0.739. The fourth-order valence-corrected chi connectivity index (χ4v) is 4.30. The van der Waals surface area contributed by atoms with Gasteiger partial charge in [0.05, 0.1) is 18.4 Å². The van der Waals surface area contributed by atoms with Crippen molar-refractivity contribution >= 4 is 17.5 Å². The van der Waals surface area contributed by atoms with Gasteiger partial charge in [-0.2, -0.15) is 0 Å². The predicted octanol–water partition coefficient (Wildman–Crippen LogP) is 5.20. The molecule has 0 bridgehead atoms. The number of carbonyl (C=O) groups excluding carboxylic acids is 1. The summed E-state index contributed by atoms with van der Waals surface area (Å²) in [4.78, 5) is 14.1. The molecule has 1 aromatic carbocycles. The average Bonchev–Trinajstić information content (AvgIpc) is 3.11. The lowest BCUT2D eigenvalue weighted by Gasteiger charge is -2.46. The van der Waals surface area contributed by atoms with Gasteiger partial charge in [0.15, 0.2) is 0 Å². The van der Waals surface area contributed by atoms with Gasteiger partial charge < -0.3 is 14.1 Å². The van der Waals surface area contributed by atoms with Crippen molar-refractivity contribution in [3.63, 3.8) is 0 Å². The predicted molar refractivity (Wildman–Crippen MR) is 107 cm³/mol. The van der Waals surface area contributed by atoms with Crippen molar-refractivity contribution in [2.24, 2.45) is 0 Å². The van der Waals surface area contributed by atoms with E-state index in [1.54, 1.807) is 13.2 Å². The molecule has 1 aliphatic heterocycles. The molecule has 0 spiro atoms. The van der Waals surface area contributed by atoms with Crippen LogP contribution in [0, 0.1) is 0 Å². The number of furan rings is 1. The van der Waals surface area contributed by atoms with E-state index in [0.29, 0.717) is 19.7 Å². The van der Waals surface area contributed by atoms with Gasteiger partial charge in [-0.15, -0.1) is 0 Å². The molecule has 1 unspecified atom stereocenters. The topological polar surface area (TPSA) is 42.7 Å². The van der Waals surface area contributed by atoms with Gasteiger partial charge in [0.1, 0.15) is 5.76 Å². The summed E-state index contributed by atoms with van der Waals surface area (Å²) in [6.07, 6.45) is 4.37. The minimum atomic E-state index is -0.194. The molecular formula is C22H28ClNO3. The van der Waals surface area contributed by atoms with E-state index in [9.17, 15) is 4.79 Å². The maximum atomic E-state index is 12.2. The second-order valence-electron chi connectivity index (χ2n) is 8.09. The highest BCUT2D eigenvalue weighted by Crippen LogP contribution is 2.44. The third-order valence-corrected chi connectivity index (χ3v) is 5.78. The molecule has 5 heteroatoms. The van der Waals surface area contributed by atoms with Crippen LogP contribution in [0.3, 0.4) is 0 Å². The van der Waals surface area contributed by atoms with Gasteiger partial charge in [-0.3, -0.25) is 4.79 Å². The van der Waals surface area contributed by atoms with E-state index in [0.717, 1.165) is 30.0 Å². The smallest absolute Gasteiger partial charge is 0.219 e. The molecule has 0 saturated carbocycles. The normalized spacial score (nSPS) is 21.8. The molecule has 0 N–H and O–H groups in total. The maximum Gasteiger partial charge on any atom is 0.219 e. The van der Waals surface area contributed by atoms with Gasteiger partial charge in [0.25, 0.3) is 0 Å². The van der Waals surface area contributed by atoms with Crippen LogP contribution < -0.4 is 0 Å². The van der Waals surface area contributed by atoms with Gasteiger partial charge in [-0.1, -0.05) is 23.7 Å². The minimum absolute atomic E-state index is 0.0385. The number of halogens is 1. The summed E-state index contributed by atoms with van der Waals surface area (Å²) in [6, 6.07) is 11.9.